The smallest absolute Gasteiger partial charge is 0.236 e. The number of nitrogens with zero attached hydrogens (tertiary/aromatic N) is 2. The van der Waals surface area contributed by atoms with Crippen molar-refractivity contribution in [1.82, 2.24) is 9.80 Å². The quantitative estimate of drug-likeness (QED) is 0.843. The van der Waals surface area contributed by atoms with Gasteiger partial charge in [-0.1, -0.05) is 18.2 Å². The van der Waals surface area contributed by atoms with Crippen molar-refractivity contribution in [3.8, 4) is 0 Å². The first-order valence-electron chi connectivity index (χ1n) is 7.54. The van der Waals surface area contributed by atoms with E-state index in [2.05, 4.69) is 0 Å². The molecule has 1 heterocycles. The Kier molecular flexibility index (Phi) is 5.88. The van der Waals surface area contributed by atoms with E-state index < -0.39 is 11.9 Å². The molecule has 22 heavy (non-hydrogen) atoms. The van der Waals surface area contributed by atoms with Crippen molar-refractivity contribution in [1.29, 1.82) is 0 Å². The fraction of sp³-hybridized carbons (Fsp3) is 0.562. The maximum Gasteiger partial charge on any atom is 0.236 e. The van der Waals surface area contributed by atoms with Gasteiger partial charge in [-0.25, -0.2) is 4.39 Å². The SMILES string of the molecule is CN(CC(=O)N1CCC(O)CC1)CC(O)c1ccccc1F. The van der Waals surface area contributed by atoms with Crippen LogP contribution >= 0.6 is 0 Å². The molecule has 1 aromatic rings. The standard InChI is InChI=1S/C16H23FN2O3/c1-18(10-15(21)13-4-2-3-5-14(13)17)11-16(22)19-8-6-12(20)7-9-19/h2-5,12,15,20-21H,6-11H2,1H3. The molecule has 5 nitrogen and oxygen atoms in total. The number of piperidine rings is 1. The van der Waals surface area contributed by atoms with Gasteiger partial charge in [-0.3, -0.25) is 9.69 Å². The number of aliphatic hydroxyl groups excluding tert-OH is 2. The van der Waals surface area contributed by atoms with Crippen LogP contribution in [0.1, 0.15) is 24.5 Å². The summed E-state index contributed by atoms with van der Waals surface area (Å²) < 4.78 is 13.6. The molecule has 2 rings (SSSR count). The Balaban J connectivity index is 1.83. The van der Waals surface area contributed by atoms with Crippen molar-refractivity contribution in [3.63, 3.8) is 0 Å². The van der Waals surface area contributed by atoms with Crippen LogP contribution in [0.15, 0.2) is 24.3 Å². The molecule has 1 atom stereocenters. The monoisotopic (exact) mass is 310 g/mol. The molecule has 6 heteroatoms. The van der Waals surface area contributed by atoms with Gasteiger partial charge in [0.2, 0.25) is 5.91 Å². The van der Waals surface area contributed by atoms with E-state index in [9.17, 15) is 19.4 Å². The molecule has 1 saturated heterocycles. The van der Waals surface area contributed by atoms with Gasteiger partial charge in [0.05, 0.1) is 18.8 Å². The number of hydrogen-bond acceptors (Lipinski definition) is 4. The average Bonchev–Trinajstić information content (AvgIpc) is 2.48. The lowest BCUT2D eigenvalue weighted by molar-refractivity contribution is -0.134. The molecule has 2 N–H and O–H groups in total. The lowest BCUT2D eigenvalue weighted by Gasteiger charge is -2.31. The van der Waals surface area contributed by atoms with E-state index in [1.807, 2.05) is 0 Å². The number of rotatable bonds is 5. The van der Waals surface area contributed by atoms with Gasteiger partial charge in [-0.05, 0) is 26.0 Å². The van der Waals surface area contributed by atoms with E-state index in [0.717, 1.165) is 0 Å². The van der Waals surface area contributed by atoms with E-state index in [4.69, 9.17) is 0 Å². The van der Waals surface area contributed by atoms with Gasteiger partial charge in [0.15, 0.2) is 0 Å². The van der Waals surface area contributed by atoms with Gasteiger partial charge in [-0.2, -0.15) is 0 Å². The molecule has 0 saturated carbocycles. The van der Waals surface area contributed by atoms with Gasteiger partial charge in [0.25, 0.3) is 0 Å². The van der Waals surface area contributed by atoms with Crippen LogP contribution in [0.25, 0.3) is 0 Å². The van der Waals surface area contributed by atoms with E-state index in [1.165, 1.54) is 6.07 Å². The Bertz CT molecular complexity index is 504. The highest BCUT2D eigenvalue weighted by molar-refractivity contribution is 5.78. The Hall–Kier alpha value is -1.50. The minimum Gasteiger partial charge on any atom is -0.393 e. The molecule has 0 bridgehead atoms. The summed E-state index contributed by atoms with van der Waals surface area (Å²) in [7, 11) is 1.72. The zero-order valence-electron chi connectivity index (χ0n) is 12.8. The molecular weight excluding hydrogens is 287 g/mol. The third-order valence-electron chi connectivity index (χ3n) is 3.97. The molecule has 0 aliphatic carbocycles. The first kappa shape index (κ1) is 16.9. The average molecular weight is 310 g/mol. The summed E-state index contributed by atoms with van der Waals surface area (Å²) in [4.78, 5) is 15.6. The Morgan fingerprint density at radius 2 is 2.05 bits per heavy atom. The molecule has 0 radical (unpaired) electrons. The van der Waals surface area contributed by atoms with Crippen LogP contribution in [-0.4, -0.2) is 65.3 Å². The van der Waals surface area contributed by atoms with Crippen molar-refractivity contribution < 1.29 is 19.4 Å². The maximum atomic E-state index is 13.6. The van der Waals surface area contributed by atoms with Crippen molar-refractivity contribution in [3.05, 3.63) is 35.6 Å². The van der Waals surface area contributed by atoms with Gasteiger partial charge in [-0.15, -0.1) is 0 Å². The van der Waals surface area contributed by atoms with Crippen molar-refractivity contribution >= 4 is 5.91 Å². The highest BCUT2D eigenvalue weighted by Gasteiger charge is 2.23. The summed E-state index contributed by atoms with van der Waals surface area (Å²) in [5.74, 6) is -0.477. The normalized spacial score (nSPS) is 17.8. The lowest BCUT2D eigenvalue weighted by Crippen LogP contribution is -2.45. The van der Waals surface area contributed by atoms with Crippen molar-refractivity contribution in [2.24, 2.45) is 0 Å². The van der Waals surface area contributed by atoms with E-state index in [1.54, 1.807) is 35.0 Å². The molecule has 122 valence electrons. The highest BCUT2D eigenvalue weighted by Crippen LogP contribution is 2.17. The van der Waals surface area contributed by atoms with Crippen LogP contribution in [0.4, 0.5) is 4.39 Å². The number of carbonyl (C=O) groups is 1. The first-order valence-corrected chi connectivity index (χ1v) is 7.54. The van der Waals surface area contributed by atoms with Crippen LogP contribution < -0.4 is 0 Å². The molecular formula is C16H23FN2O3. The number of benzene rings is 1. The summed E-state index contributed by atoms with van der Waals surface area (Å²) >= 11 is 0. The van der Waals surface area contributed by atoms with Gasteiger partial charge in [0.1, 0.15) is 5.82 Å². The largest absolute Gasteiger partial charge is 0.393 e. The summed E-state index contributed by atoms with van der Waals surface area (Å²) in [5, 5.41) is 19.5. The summed E-state index contributed by atoms with van der Waals surface area (Å²) in [6, 6.07) is 6.10. The number of hydrogen-bond donors (Lipinski definition) is 2. The summed E-state index contributed by atoms with van der Waals surface area (Å²) in [5.41, 5.74) is 0.239. The molecule has 1 unspecified atom stereocenters. The Morgan fingerprint density at radius 3 is 2.68 bits per heavy atom. The zero-order chi connectivity index (χ0) is 16.1. The lowest BCUT2D eigenvalue weighted by atomic mass is 10.1. The molecule has 1 aliphatic heterocycles. The Labute approximate surface area is 130 Å². The predicted molar refractivity (Wildman–Crippen MR) is 80.7 cm³/mol. The number of amides is 1. The fourth-order valence-electron chi connectivity index (χ4n) is 2.65. The van der Waals surface area contributed by atoms with E-state index >= 15 is 0 Å². The minimum absolute atomic E-state index is 0.0323. The third-order valence-corrected chi connectivity index (χ3v) is 3.97. The highest BCUT2D eigenvalue weighted by atomic mass is 19.1. The molecule has 1 amide bonds. The molecule has 1 aliphatic rings. The third kappa shape index (κ3) is 4.50. The number of likely N-dealkylation sites (tertiary alicyclic amines) is 1. The molecule has 0 spiro atoms. The first-order chi connectivity index (χ1) is 10.5. The van der Waals surface area contributed by atoms with Crippen molar-refractivity contribution in [2.75, 3.05) is 33.2 Å². The second-order valence-corrected chi connectivity index (χ2v) is 5.85. The summed E-state index contributed by atoms with van der Waals surface area (Å²) in [6.07, 6.45) is -0.0764. The maximum absolute atomic E-state index is 13.6. The van der Waals surface area contributed by atoms with Gasteiger partial charge in [0, 0.05) is 25.2 Å². The van der Waals surface area contributed by atoms with Gasteiger partial charge < -0.3 is 15.1 Å². The van der Waals surface area contributed by atoms with Crippen LogP contribution in [0.5, 0.6) is 0 Å². The molecule has 1 fully saturated rings. The van der Waals surface area contributed by atoms with Gasteiger partial charge >= 0.3 is 0 Å². The topological polar surface area (TPSA) is 64.0 Å². The number of halogens is 1. The summed E-state index contributed by atoms with van der Waals surface area (Å²) in [6.45, 7) is 1.47. The van der Waals surface area contributed by atoms with Crippen LogP contribution in [0.3, 0.4) is 0 Å². The van der Waals surface area contributed by atoms with Crippen LogP contribution in [0.2, 0.25) is 0 Å². The van der Waals surface area contributed by atoms with Crippen LogP contribution in [-0.2, 0) is 4.79 Å². The van der Waals surface area contributed by atoms with E-state index in [-0.39, 0.29) is 30.7 Å². The van der Waals surface area contributed by atoms with E-state index in [0.29, 0.717) is 25.9 Å². The molecule has 0 aromatic heterocycles. The minimum atomic E-state index is -0.970. The number of carbonyl (C=O) groups excluding carboxylic acids is 1. The molecule has 1 aromatic carbocycles. The van der Waals surface area contributed by atoms with Crippen LogP contribution in [0, 0.1) is 5.82 Å². The van der Waals surface area contributed by atoms with Crippen molar-refractivity contribution in [2.45, 2.75) is 25.0 Å². The number of likely N-dealkylation sites (N-methyl/N-ethyl adjacent to an activating group) is 1. The second kappa shape index (κ2) is 7.67. The predicted octanol–water partition coefficient (Wildman–Crippen LogP) is 0.774. The second-order valence-electron chi connectivity index (χ2n) is 5.85. The zero-order valence-corrected chi connectivity index (χ0v) is 12.8. The number of aliphatic hydroxyl groups is 2. The Morgan fingerprint density at radius 1 is 1.41 bits per heavy atom. The fourth-order valence-corrected chi connectivity index (χ4v) is 2.65.